The van der Waals surface area contributed by atoms with Crippen LogP contribution in [0.2, 0.25) is 0 Å². The highest BCUT2D eigenvalue weighted by Crippen LogP contribution is 2.43. The van der Waals surface area contributed by atoms with Gasteiger partial charge in [-0.1, -0.05) is 36.4 Å². The molecule has 1 unspecified atom stereocenters. The van der Waals surface area contributed by atoms with E-state index in [1.54, 1.807) is 33.5 Å². The topological polar surface area (TPSA) is 159 Å². The molecule has 0 aliphatic carbocycles. The molecule has 4 aliphatic heterocycles. The van der Waals surface area contributed by atoms with Gasteiger partial charge in [-0.05, 0) is 84.0 Å². The SMILES string of the molecule is COCCOCCOCCN(CCCC(=O)OC)c1cc(COc2cc3c(cc2OC)C(=O)N2c4ccccc4CC2CN3)cc(COc2cc3c(cc2OC)C(=O)N2c4ccccc4C[C@H]2CN3)c1. The van der Waals surface area contributed by atoms with Crippen molar-refractivity contribution in [2.24, 2.45) is 0 Å². The van der Waals surface area contributed by atoms with Gasteiger partial charge in [-0.3, -0.25) is 14.4 Å². The number of nitrogens with one attached hydrogen (secondary N) is 2. The van der Waals surface area contributed by atoms with Gasteiger partial charge in [0.2, 0.25) is 0 Å². The van der Waals surface area contributed by atoms with Crippen molar-refractivity contribution in [3.8, 4) is 23.0 Å². The van der Waals surface area contributed by atoms with Crippen molar-refractivity contribution >= 4 is 46.2 Å². The number of nitrogens with zero attached hydrogens (tertiary/aromatic N) is 3. The van der Waals surface area contributed by atoms with Gasteiger partial charge in [-0.25, -0.2) is 0 Å². The molecule has 0 aromatic heterocycles. The van der Waals surface area contributed by atoms with Crippen LogP contribution in [-0.4, -0.2) is 118 Å². The first kappa shape index (κ1) is 48.0. The number of carbonyl (C=O) groups is 3. The average molecular weight is 956 g/mol. The number of fused-ring (bicyclic) bond motifs is 8. The maximum absolute atomic E-state index is 14.2. The van der Waals surface area contributed by atoms with Crippen LogP contribution in [0.3, 0.4) is 0 Å². The fourth-order valence-corrected chi connectivity index (χ4v) is 9.76. The molecule has 2 atom stereocenters. The summed E-state index contributed by atoms with van der Waals surface area (Å²) in [7, 11) is 6.16. The molecule has 5 aromatic carbocycles. The van der Waals surface area contributed by atoms with Crippen LogP contribution >= 0.6 is 0 Å². The molecule has 0 fully saturated rings. The molecular formula is C54H61N5O11. The van der Waals surface area contributed by atoms with E-state index in [0.717, 1.165) is 52.2 Å². The first-order valence-electron chi connectivity index (χ1n) is 23.9. The highest BCUT2D eigenvalue weighted by Gasteiger charge is 2.39. The van der Waals surface area contributed by atoms with Gasteiger partial charge < -0.3 is 63.2 Å². The fourth-order valence-electron chi connectivity index (χ4n) is 9.76. The second-order valence-corrected chi connectivity index (χ2v) is 17.7. The molecule has 368 valence electrons. The van der Waals surface area contributed by atoms with Gasteiger partial charge in [0, 0.05) is 68.9 Å². The van der Waals surface area contributed by atoms with Gasteiger partial charge in [-0.15, -0.1) is 0 Å². The first-order chi connectivity index (χ1) is 34.3. The molecule has 0 saturated carbocycles. The second kappa shape index (κ2) is 22.2. The molecule has 0 bridgehead atoms. The van der Waals surface area contributed by atoms with E-state index in [1.165, 1.54) is 7.11 Å². The maximum atomic E-state index is 14.2. The third-order valence-corrected chi connectivity index (χ3v) is 13.2. The normalized spacial score (nSPS) is 16.3. The summed E-state index contributed by atoms with van der Waals surface area (Å²) in [5.41, 5.74) is 9.08. The average Bonchev–Trinajstić information content (AvgIpc) is 3.88. The molecule has 16 nitrogen and oxygen atoms in total. The quantitative estimate of drug-likeness (QED) is 0.0526. The van der Waals surface area contributed by atoms with Gasteiger partial charge in [0.15, 0.2) is 23.0 Å². The number of esters is 1. The minimum absolute atomic E-state index is 0.0216. The summed E-state index contributed by atoms with van der Waals surface area (Å²) >= 11 is 0. The molecule has 70 heavy (non-hydrogen) atoms. The van der Waals surface area contributed by atoms with E-state index in [2.05, 4.69) is 39.8 Å². The number of ether oxygens (including phenoxy) is 8. The molecule has 2 N–H and O–H groups in total. The molecular weight excluding hydrogens is 895 g/mol. The lowest BCUT2D eigenvalue weighted by molar-refractivity contribution is -0.140. The van der Waals surface area contributed by atoms with Crippen LogP contribution in [0.5, 0.6) is 23.0 Å². The maximum Gasteiger partial charge on any atom is 0.305 e. The minimum Gasteiger partial charge on any atom is -0.493 e. The lowest BCUT2D eigenvalue weighted by Crippen LogP contribution is -2.39. The Morgan fingerprint density at radius 3 is 1.64 bits per heavy atom. The number of amides is 2. The molecule has 4 aliphatic rings. The number of para-hydroxylation sites is 2. The largest absolute Gasteiger partial charge is 0.493 e. The van der Waals surface area contributed by atoms with Gasteiger partial charge >= 0.3 is 5.97 Å². The minimum atomic E-state index is -0.284. The van der Waals surface area contributed by atoms with E-state index >= 15 is 0 Å². The Kier molecular flexibility index (Phi) is 15.2. The molecule has 16 heteroatoms. The number of anilines is 5. The molecule has 4 heterocycles. The summed E-state index contributed by atoms with van der Waals surface area (Å²) in [6, 6.07) is 29.4. The van der Waals surface area contributed by atoms with Crippen LogP contribution in [-0.2, 0) is 49.8 Å². The van der Waals surface area contributed by atoms with E-state index < -0.39 is 0 Å². The molecule has 0 radical (unpaired) electrons. The number of rotatable bonds is 22. The van der Waals surface area contributed by atoms with Crippen LogP contribution in [0.15, 0.2) is 91.0 Å². The lowest BCUT2D eigenvalue weighted by atomic mass is 10.1. The molecule has 5 aromatic rings. The molecule has 9 rings (SSSR count). The third-order valence-electron chi connectivity index (χ3n) is 13.2. The van der Waals surface area contributed by atoms with Gasteiger partial charge in [0.25, 0.3) is 11.8 Å². The van der Waals surface area contributed by atoms with Crippen molar-refractivity contribution < 1.29 is 52.3 Å². The predicted octanol–water partition coefficient (Wildman–Crippen LogP) is 7.30. The summed E-state index contributed by atoms with van der Waals surface area (Å²) in [5, 5.41) is 7.05. The monoisotopic (exact) mass is 955 g/mol. The van der Waals surface area contributed by atoms with E-state index in [9.17, 15) is 14.4 Å². The highest BCUT2D eigenvalue weighted by molar-refractivity contribution is 6.13. The van der Waals surface area contributed by atoms with E-state index in [-0.39, 0.29) is 49.5 Å². The zero-order valence-corrected chi connectivity index (χ0v) is 40.3. The Morgan fingerprint density at radius 2 is 1.13 bits per heavy atom. The smallest absolute Gasteiger partial charge is 0.305 e. The Bertz CT molecular complexity index is 2540. The summed E-state index contributed by atoms with van der Waals surface area (Å²) in [6.07, 6.45) is 2.33. The zero-order valence-electron chi connectivity index (χ0n) is 40.3. The van der Waals surface area contributed by atoms with E-state index in [0.29, 0.717) is 111 Å². The van der Waals surface area contributed by atoms with Crippen LogP contribution in [0, 0.1) is 0 Å². The van der Waals surface area contributed by atoms with Gasteiger partial charge in [0.05, 0.1) is 88.9 Å². The standard InChI is InChI=1S/C54H61N5O11/c1-63-18-19-68-21-20-67-17-16-57(15-9-14-52(60)66-4)39-23-35(33-69-50-29-44-42(27-48(50)64-2)53(61)58-40(31-55-44)25-37-10-5-7-12-46(37)58)22-36(24-39)34-70-51-30-45-43(28-49(51)65-3)54(62)59-41(32-56-45)26-38-11-6-8-13-47(38)59/h5-8,10-13,22-24,27-30,40-41,55-56H,9,14-21,25-26,31-34H2,1-4H3/t40-,41?/m0/s1. The van der Waals surface area contributed by atoms with Gasteiger partial charge in [-0.2, -0.15) is 0 Å². The Morgan fingerprint density at radius 1 is 0.614 bits per heavy atom. The number of methoxy groups -OCH3 is 4. The van der Waals surface area contributed by atoms with Crippen LogP contribution < -0.4 is 44.3 Å². The summed E-state index contributed by atoms with van der Waals surface area (Å²) in [5.74, 6) is 1.35. The Labute approximate surface area is 408 Å². The molecule has 0 saturated heterocycles. The van der Waals surface area contributed by atoms with Crippen LogP contribution in [0.4, 0.5) is 28.4 Å². The van der Waals surface area contributed by atoms with E-state index in [4.69, 9.17) is 37.9 Å². The summed E-state index contributed by atoms with van der Waals surface area (Å²) in [6.45, 7) is 4.75. The van der Waals surface area contributed by atoms with Crippen molar-refractivity contribution in [2.75, 3.05) is 113 Å². The predicted molar refractivity (Wildman–Crippen MR) is 267 cm³/mol. The second-order valence-electron chi connectivity index (χ2n) is 17.7. The van der Waals surface area contributed by atoms with E-state index in [1.807, 2.05) is 64.4 Å². The summed E-state index contributed by atoms with van der Waals surface area (Å²) in [4.78, 5) is 46.5. The Hall–Kier alpha value is -7.01. The number of benzene rings is 5. The first-order valence-corrected chi connectivity index (χ1v) is 23.9. The molecule has 0 spiro atoms. The Balaban J connectivity index is 0.984. The molecule has 2 amide bonds. The van der Waals surface area contributed by atoms with Crippen molar-refractivity contribution in [1.29, 1.82) is 0 Å². The van der Waals surface area contributed by atoms with Crippen molar-refractivity contribution in [1.82, 2.24) is 0 Å². The van der Waals surface area contributed by atoms with Crippen LogP contribution in [0.1, 0.15) is 55.8 Å². The highest BCUT2D eigenvalue weighted by atomic mass is 16.5. The lowest BCUT2D eigenvalue weighted by Gasteiger charge is -2.26. The zero-order chi connectivity index (χ0) is 48.6. The third kappa shape index (κ3) is 10.4. The van der Waals surface area contributed by atoms with Gasteiger partial charge in [0.1, 0.15) is 13.2 Å². The van der Waals surface area contributed by atoms with Crippen LogP contribution in [0.25, 0.3) is 0 Å². The number of hydrogen-bond acceptors (Lipinski definition) is 14. The number of hydrogen-bond donors (Lipinski definition) is 2. The summed E-state index contributed by atoms with van der Waals surface area (Å²) < 4.78 is 46.5. The fraction of sp³-hybridized carbons (Fsp3) is 0.389. The van der Waals surface area contributed by atoms with Crippen molar-refractivity contribution in [3.63, 3.8) is 0 Å². The van der Waals surface area contributed by atoms with Crippen molar-refractivity contribution in [3.05, 3.63) is 124 Å². The van der Waals surface area contributed by atoms with Crippen molar-refractivity contribution in [2.45, 2.75) is 51.0 Å². The number of carbonyl (C=O) groups excluding carboxylic acids is 3.